The number of hydrogen-bond acceptors (Lipinski definition) is 12. The first kappa shape index (κ1) is 71.8. The van der Waals surface area contributed by atoms with E-state index in [4.69, 9.17) is 32.7 Å². The van der Waals surface area contributed by atoms with Gasteiger partial charge in [0.2, 0.25) is 47.3 Å². The van der Waals surface area contributed by atoms with E-state index in [0.29, 0.717) is 44.3 Å². The first-order valence-electron chi connectivity index (χ1n) is 30.4. The summed E-state index contributed by atoms with van der Waals surface area (Å²) in [4.78, 5) is 129. The number of benzene rings is 2. The van der Waals surface area contributed by atoms with E-state index in [1.807, 2.05) is 103 Å². The fourth-order valence-electron chi connectivity index (χ4n) is 11.9. The highest BCUT2D eigenvalue weighted by Crippen LogP contribution is 2.33. The maximum atomic E-state index is 14.6. The van der Waals surface area contributed by atoms with Gasteiger partial charge in [0.15, 0.2) is 5.78 Å². The molecule has 20 nitrogen and oxygen atoms in total. The molecule has 2 aromatic rings. The second-order valence-electron chi connectivity index (χ2n) is 23.9. The zero-order valence-electron chi connectivity index (χ0n) is 52.3. The van der Waals surface area contributed by atoms with Crippen LogP contribution in [0.1, 0.15) is 130 Å². The van der Waals surface area contributed by atoms with Crippen LogP contribution in [0.2, 0.25) is 0 Å². The van der Waals surface area contributed by atoms with Crippen LogP contribution in [0.5, 0.6) is 0 Å². The fraction of sp³-hybridized carbons (Fsp3) is 0.667. The van der Waals surface area contributed by atoms with Crippen LogP contribution in [-0.2, 0) is 54.3 Å². The third-order valence-corrected chi connectivity index (χ3v) is 17.2. The fourth-order valence-corrected chi connectivity index (χ4v) is 12.0. The average Bonchev–Trinajstić information content (AvgIpc) is 3.22. The van der Waals surface area contributed by atoms with E-state index in [2.05, 4.69) is 40.4 Å². The standard InChI is InChI=1S/C63H97Cl2N9O11/c1-13-41(6)58(72(12)63(83)56(39(2)3)70-61(81)57(40(4)5)71(10)11)42(7)34-55(78)73-28-17-22-50(73)43(8)44(9)59(79)69-49(35-45-20-15-14-16-21-45)62(82)74-29-18-23-51(74)60(80)66-27-31-85-33-32-84-30-19-24-52(75)46-25-26-47(67-53(76)37-64)48(36-46)68-54(77)38-65/h14-16,20-21,25-26,36,39-44,49-51,56-58H,13,17-19,22-24,27-35,37-38H2,1-12H3,(H,66,80)(H,67,76)(H,68,77)(H,69,79)(H,70,81)/t41?,42?,43?,44?,49-,50?,51+,56-,57?,58?/m0/s1. The summed E-state index contributed by atoms with van der Waals surface area (Å²) in [5.74, 6) is -4.35. The first-order valence-corrected chi connectivity index (χ1v) is 31.4. The summed E-state index contributed by atoms with van der Waals surface area (Å²) in [5, 5.41) is 14.2. The number of carbonyl (C=O) groups is 9. The lowest BCUT2D eigenvalue weighted by Gasteiger charge is -2.40. The van der Waals surface area contributed by atoms with Crippen molar-refractivity contribution in [3.63, 3.8) is 0 Å². The molecule has 0 aromatic heterocycles. The molecule has 0 radical (unpaired) electrons. The third-order valence-electron chi connectivity index (χ3n) is 16.7. The van der Waals surface area contributed by atoms with Gasteiger partial charge in [-0.2, -0.15) is 0 Å². The summed E-state index contributed by atoms with van der Waals surface area (Å²) in [5.41, 5.74) is 1.68. The molecule has 2 aromatic carbocycles. The topological polar surface area (TPSA) is 245 Å². The highest BCUT2D eigenvalue weighted by Gasteiger charge is 2.43. The van der Waals surface area contributed by atoms with Crippen molar-refractivity contribution >= 4 is 87.6 Å². The number of alkyl halides is 2. The van der Waals surface area contributed by atoms with Crippen molar-refractivity contribution in [1.29, 1.82) is 0 Å². The molecule has 4 rings (SSSR count). The zero-order chi connectivity index (χ0) is 63.1. The molecule has 0 aliphatic carbocycles. The second-order valence-corrected chi connectivity index (χ2v) is 24.5. The SMILES string of the molecule is CCC(C)C(C(C)CC(=O)N1CCCC1C(C)C(C)C(=O)N[C@@H](Cc1ccccc1)C(=O)N1CCC[C@@H]1C(=O)NCCOCCOCCCC(=O)c1ccc(NC(=O)CCl)c(NC(=O)CCl)c1)N(C)C(=O)[C@@H](NC(=O)C(C(C)C)N(C)C)C(C)C. The molecule has 22 heteroatoms. The highest BCUT2D eigenvalue weighted by atomic mass is 35.5. The number of amides is 8. The van der Waals surface area contributed by atoms with Crippen LogP contribution >= 0.6 is 23.2 Å². The van der Waals surface area contributed by atoms with Gasteiger partial charge in [-0.15, -0.1) is 23.2 Å². The smallest absolute Gasteiger partial charge is 0.246 e. The average molecular weight is 1230 g/mol. The Labute approximate surface area is 514 Å². The van der Waals surface area contributed by atoms with E-state index in [1.165, 1.54) is 12.1 Å². The van der Waals surface area contributed by atoms with Gasteiger partial charge in [0.1, 0.15) is 29.9 Å². The van der Waals surface area contributed by atoms with Crippen LogP contribution in [-0.4, -0.2) is 188 Å². The summed E-state index contributed by atoms with van der Waals surface area (Å²) in [7, 11) is 5.50. The minimum atomic E-state index is -0.959. The Kier molecular flexibility index (Phi) is 30.3. The van der Waals surface area contributed by atoms with Crippen molar-refractivity contribution in [2.75, 3.05) is 89.6 Å². The molecule has 0 saturated carbocycles. The van der Waals surface area contributed by atoms with Crippen LogP contribution in [0, 0.1) is 35.5 Å². The van der Waals surface area contributed by atoms with Crippen LogP contribution in [0.3, 0.4) is 0 Å². The molecule has 0 spiro atoms. The summed E-state index contributed by atoms with van der Waals surface area (Å²) in [6, 6.07) is 10.6. The summed E-state index contributed by atoms with van der Waals surface area (Å²) in [6.07, 6.45) is 4.33. The van der Waals surface area contributed by atoms with Crippen molar-refractivity contribution in [2.24, 2.45) is 35.5 Å². The van der Waals surface area contributed by atoms with Crippen LogP contribution in [0.15, 0.2) is 48.5 Å². The number of ketones is 1. The number of nitrogens with one attached hydrogen (secondary N) is 5. The number of halogens is 2. The minimum Gasteiger partial charge on any atom is -0.379 e. The van der Waals surface area contributed by atoms with E-state index < -0.39 is 41.9 Å². The molecule has 85 heavy (non-hydrogen) atoms. The van der Waals surface area contributed by atoms with E-state index >= 15 is 0 Å². The van der Waals surface area contributed by atoms with Crippen molar-refractivity contribution in [3.8, 4) is 0 Å². The monoisotopic (exact) mass is 1230 g/mol. The predicted molar refractivity (Wildman–Crippen MR) is 332 cm³/mol. The van der Waals surface area contributed by atoms with E-state index in [-0.39, 0.29) is 158 Å². The first-order chi connectivity index (χ1) is 40.4. The number of likely N-dealkylation sites (N-methyl/N-ethyl adjacent to an activating group) is 2. The molecular weight excluding hydrogens is 1130 g/mol. The Bertz CT molecular complexity index is 2530. The largest absolute Gasteiger partial charge is 0.379 e. The van der Waals surface area contributed by atoms with Gasteiger partial charge in [-0.25, -0.2) is 0 Å². The molecule has 2 saturated heterocycles. The molecule has 2 aliphatic heterocycles. The molecule has 2 aliphatic rings. The molecule has 0 bridgehead atoms. The Morgan fingerprint density at radius 3 is 1.94 bits per heavy atom. The van der Waals surface area contributed by atoms with Gasteiger partial charge in [-0.3, -0.25) is 48.1 Å². The Balaban J connectivity index is 1.30. The van der Waals surface area contributed by atoms with Gasteiger partial charge in [0, 0.05) is 76.1 Å². The number of nitrogens with zero attached hydrogens (tertiary/aromatic N) is 4. The van der Waals surface area contributed by atoms with E-state index in [0.717, 1.165) is 18.4 Å². The molecule has 2 fully saturated rings. The molecule has 5 N–H and O–H groups in total. The Morgan fingerprint density at radius 2 is 1.33 bits per heavy atom. The number of rotatable bonds is 35. The van der Waals surface area contributed by atoms with Crippen LogP contribution < -0.4 is 26.6 Å². The number of carbonyl (C=O) groups excluding carboxylic acids is 9. The third kappa shape index (κ3) is 21.3. The zero-order valence-corrected chi connectivity index (χ0v) is 53.8. The van der Waals surface area contributed by atoms with Crippen molar-refractivity contribution in [1.82, 2.24) is 35.6 Å². The summed E-state index contributed by atoms with van der Waals surface area (Å²) >= 11 is 11.3. The van der Waals surface area contributed by atoms with Gasteiger partial charge in [-0.1, -0.05) is 99.1 Å². The summed E-state index contributed by atoms with van der Waals surface area (Å²) in [6.45, 7) is 19.9. The van der Waals surface area contributed by atoms with Gasteiger partial charge in [0.25, 0.3) is 0 Å². The molecule has 8 amide bonds. The molecular formula is C63H97Cl2N9O11. The predicted octanol–water partition coefficient (Wildman–Crippen LogP) is 6.76. The lowest BCUT2D eigenvalue weighted by atomic mass is 9.84. The second kappa shape index (κ2) is 35.8. The van der Waals surface area contributed by atoms with Crippen molar-refractivity contribution < 1.29 is 52.6 Å². The molecule has 474 valence electrons. The van der Waals surface area contributed by atoms with Crippen LogP contribution in [0.25, 0.3) is 0 Å². The lowest BCUT2D eigenvalue weighted by molar-refractivity contribution is -0.143. The Hall–Kier alpha value is -5.67. The van der Waals surface area contributed by atoms with Crippen molar-refractivity contribution in [3.05, 3.63) is 59.7 Å². The van der Waals surface area contributed by atoms with E-state index in [9.17, 15) is 43.2 Å². The quantitative estimate of drug-likeness (QED) is 0.0273. The number of ether oxygens (including phenoxy) is 2. The van der Waals surface area contributed by atoms with Gasteiger partial charge in [0.05, 0.1) is 37.2 Å². The van der Waals surface area contributed by atoms with Crippen LogP contribution in [0.4, 0.5) is 11.4 Å². The number of hydrogen-bond donors (Lipinski definition) is 5. The maximum absolute atomic E-state index is 14.6. The van der Waals surface area contributed by atoms with Gasteiger partial charge >= 0.3 is 0 Å². The van der Waals surface area contributed by atoms with E-state index in [1.54, 1.807) is 22.9 Å². The summed E-state index contributed by atoms with van der Waals surface area (Å²) < 4.78 is 11.4. The molecule has 7 unspecified atom stereocenters. The molecule has 2 heterocycles. The van der Waals surface area contributed by atoms with Gasteiger partial charge < -0.3 is 50.8 Å². The van der Waals surface area contributed by atoms with Crippen molar-refractivity contribution in [2.45, 2.75) is 156 Å². The van der Waals surface area contributed by atoms with Gasteiger partial charge in [-0.05, 0) is 99.6 Å². The molecule has 10 atom stereocenters. The Morgan fingerprint density at radius 1 is 0.706 bits per heavy atom. The lowest BCUT2D eigenvalue weighted by Crippen LogP contribution is -2.58. The normalized spacial score (nSPS) is 18.0. The number of likely N-dealkylation sites (tertiary alicyclic amines) is 2. The minimum absolute atomic E-state index is 0.0326. The number of anilines is 2. The number of Topliss-reactive ketones (excluding diaryl/α,β-unsaturated/α-hetero) is 1. The maximum Gasteiger partial charge on any atom is 0.246 e. The highest BCUT2D eigenvalue weighted by molar-refractivity contribution is 6.30.